The summed E-state index contributed by atoms with van der Waals surface area (Å²) >= 11 is 5.85. The Morgan fingerprint density at radius 1 is 1.39 bits per heavy atom. The minimum absolute atomic E-state index is 0.107. The third-order valence-corrected chi connectivity index (χ3v) is 3.37. The number of ketones is 1. The van der Waals surface area contributed by atoms with E-state index in [0.717, 1.165) is 0 Å². The fraction of sp³-hybridized carbons (Fsp3) is 0.500. The number of benzene rings is 1. The Bertz CT molecular complexity index is 425. The predicted molar refractivity (Wildman–Crippen MR) is 72.5 cm³/mol. The molecule has 18 heavy (non-hydrogen) atoms. The second-order valence-electron chi connectivity index (χ2n) is 4.42. The maximum absolute atomic E-state index is 11.5. The number of hydrogen-bond acceptors (Lipinski definition) is 3. The first-order valence-corrected chi connectivity index (χ1v) is 6.45. The average Bonchev–Trinajstić information content (AvgIpc) is 2.36. The van der Waals surface area contributed by atoms with Crippen LogP contribution in [0.25, 0.3) is 0 Å². The van der Waals surface area contributed by atoms with Crippen LogP contribution in [0, 0.1) is 0 Å². The smallest absolute Gasteiger partial charge is 0.163 e. The van der Waals surface area contributed by atoms with Gasteiger partial charge >= 0.3 is 0 Å². The van der Waals surface area contributed by atoms with Gasteiger partial charge in [0.25, 0.3) is 0 Å². The zero-order chi connectivity index (χ0) is 13.8. The first-order chi connectivity index (χ1) is 8.41. The lowest BCUT2D eigenvalue weighted by Crippen LogP contribution is -2.34. The minimum Gasteiger partial charge on any atom is -0.490 e. The maximum Gasteiger partial charge on any atom is 0.163 e. The summed E-state index contributed by atoms with van der Waals surface area (Å²) in [6.07, 6.45) is 1.21. The van der Waals surface area contributed by atoms with Crippen LogP contribution in [0.1, 0.15) is 44.0 Å². The van der Waals surface area contributed by atoms with Gasteiger partial charge in [-0.2, -0.15) is 0 Å². The van der Waals surface area contributed by atoms with E-state index in [1.165, 1.54) is 6.92 Å². The number of rotatable bonds is 6. The summed E-state index contributed by atoms with van der Waals surface area (Å²) < 4.78 is 5.57. The van der Waals surface area contributed by atoms with Crippen molar-refractivity contribution in [1.82, 2.24) is 0 Å². The van der Waals surface area contributed by atoms with Gasteiger partial charge in [0, 0.05) is 5.02 Å². The Morgan fingerprint density at radius 3 is 2.50 bits per heavy atom. The molecule has 1 N–H and O–H groups in total. The van der Waals surface area contributed by atoms with Gasteiger partial charge in [0.05, 0.1) is 11.2 Å². The van der Waals surface area contributed by atoms with Crippen molar-refractivity contribution < 1.29 is 14.6 Å². The molecule has 1 aromatic rings. The predicted octanol–water partition coefficient (Wildman–Crippen LogP) is 3.47. The maximum atomic E-state index is 11.5. The standard InChI is InChI=1S/C14H19ClO3/c1-4-14(17,5-2)9-18-13-7-6-11(15)8-12(13)10(3)16/h6-8,17H,4-5,9H2,1-3H3. The number of aliphatic hydroxyl groups is 1. The van der Waals surface area contributed by atoms with E-state index in [-0.39, 0.29) is 12.4 Å². The minimum atomic E-state index is -0.853. The molecule has 0 atom stereocenters. The van der Waals surface area contributed by atoms with Gasteiger partial charge in [-0.25, -0.2) is 0 Å². The second kappa shape index (κ2) is 6.21. The van der Waals surface area contributed by atoms with Crippen LogP contribution in [0.2, 0.25) is 5.02 Å². The average molecular weight is 271 g/mol. The molecule has 0 aromatic heterocycles. The lowest BCUT2D eigenvalue weighted by atomic mass is 9.99. The highest BCUT2D eigenvalue weighted by Crippen LogP contribution is 2.25. The molecule has 0 saturated heterocycles. The zero-order valence-corrected chi connectivity index (χ0v) is 11.8. The summed E-state index contributed by atoms with van der Waals surface area (Å²) in [5, 5.41) is 10.6. The molecule has 0 saturated carbocycles. The molecule has 0 amide bonds. The third-order valence-electron chi connectivity index (χ3n) is 3.13. The van der Waals surface area contributed by atoms with E-state index in [1.54, 1.807) is 18.2 Å². The molecular formula is C14H19ClO3. The van der Waals surface area contributed by atoms with Crippen LogP contribution >= 0.6 is 11.6 Å². The van der Waals surface area contributed by atoms with Gasteiger partial charge in [-0.3, -0.25) is 4.79 Å². The summed E-state index contributed by atoms with van der Waals surface area (Å²) in [6, 6.07) is 4.90. The Balaban J connectivity index is 2.88. The van der Waals surface area contributed by atoms with Crippen molar-refractivity contribution in [3.05, 3.63) is 28.8 Å². The number of hydrogen-bond donors (Lipinski definition) is 1. The molecule has 1 rings (SSSR count). The monoisotopic (exact) mass is 270 g/mol. The first kappa shape index (κ1) is 15.0. The van der Waals surface area contributed by atoms with Gasteiger partial charge in [0.2, 0.25) is 0 Å². The summed E-state index contributed by atoms with van der Waals surface area (Å²) in [6.45, 7) is 5.44. The topological polar surface area (TPSA) is 46.5 Å². The summed E-state index contributed by atoms with van der Waals surface area (Å²) in [4.78, 5) is 11.5. The summed E-state index contributed by atoms with van der Waals surface area (Å²) in [7, 11) is 0. The molecule has 4 heteroatoms. The van der Waals surface area contributed by atoms with E-state index in [2.05, 4.69) is 0 Å². The van der Waals surface area contributed by atoms with Crippen molar-refractivity contribution in [3.63, 3.8) is 0 Å². The molecule has 0 aliphatic carbocycles. The second-order valence-corrected chi connectivity index (χ2v) is 4.85. The van der Waals surface area contributed by atoms with Gasteiger partial charge in [-0.15, -0.1) is 0 Å². The summed E-state index contributed by atoms with van der Waals surface area (Å²) in [5.41, 5.74) is -0.412. The molecule has 0 bridgehead atoms. The molecule has 0 aliphatic heterocycles. The Kier molecular flexibility index (Phi) is 5.17. The molecule has 0 fully saturated rings. The van der Waals surface area contributed by atoms with Crippen molar-refractivity contribution in [2.45, 2.75) is 39.2 Å². The largest absolute Gasteiger partial charge is 0.490 e. The van der Waals surface area contributed by atoms with Gasteiger partial charge in [-0.05, 0) is 38.0 Å². The number of Topliss-reactive ketones (excluding diaryl/α,β-unsaturated/α-hetero) is 1. The molecular weight excluding hydrogens is 252 g/mol. The van der Waals surface area contributed by atoms with Crippen LogP contribution in [-0.2, 0) is 0 Å². The highest BCUT2D eigenvalue weighted by atomic mass is 35.5. The van der Waals surface area contributed by atoms with Gasteiger partial charge in [0.1, 0.15) is 12.4 Å². The van der Waals surface area contributed by atoms with E-state index in [4.69, 9.17) is 16.3 Å². The molecule has 1 aromatic carbocycles. The van der Waals surface area contributed by atoms with E-state index in [0.29, 0.717) is 29.2 Å². The normalized spacial score (nSPS) is 11.4. The van der Waals surface area contributed by atoms with E-state index >= 15 is 0 Å². The number of halogens is 1. The lowest BCUT2D eigenvalue weighted by molar-refractivity contribution is -0.0115. The van der Waals surface area contributed by atoms with E-state index in [9.17, 15) is 9.90 Å². The van der Waals surface area contributed by atoms with Crippen molar-refractivity contribution in [1.29, 1.82) is 0 Å². The van der Waals surface area contributed by atoms with E-state index in [1.807, 2.05) is 13.8 Å². The molecule has 3 nitrogen and oxygen atoms in total. The Morgan fingerprint density at radius 2 is 2.00 bits per heavy atom. The third kappa shape index (κ3) is 3.72. The van der Waals surface area contributed by atoms with Crippen LogP contribution in [-0.4, -0.2) is 23.1 Å². The molecule has 100 valence electrons. The SMILES string of the molecule is CCC(O)(CC)COc1ccc(Cl)cc1C(C)=O. The quantitative estimate of drug-likeness (QED) is 0.805. The number of ether oxygens (including phenoxy) is 1. The zero-order valence-electron chi connectivity index (χ0n) is 11.0. The van der Waals surface area contributed by atoms with Gasteiger partial charge in [-0.1, -0.05) is 25.4 Å². The van der Waals surface area contributed by atoms with Gasteiger partial charge < -0.3 is 9.84 Å². The first-order valence-electron chi connectivity index (χ1n) is 6.07. The molecule has 0 spiro atoms. The number of carbonyl (C=O) groups is 1. The molecule has 0 radical (unpaired) electrons. The van der Waals surface area contributed by atoms with Crippen LogP contribution in [0.5, 0.6) is 5.75 Å². The summed E-state index contributed by atoms with van der Waals surface area (Å²) in [5.74, 6) is 0.358. The lowest BCUT2D eigenvalue weighted by Gasteiger charge is -2.25. The van der Waals surface area contributed by atoms with Crippen molar-refractivity contribution >= 4 is 17.4 Å². The van der Waals surface area contributed by atoms with Crippen LogP contribution in [0.15, 0.2) is 18.2 Å². The van der Waals surface area contributed by atoms with Crippen LogP contribution in [0.4, 0.5) is 0 Å². The van der Waals surface area contributed by atoms with Crippen molar-refractivity contribution in [2.24, 2.45) is 0 Å². The number of carbonyl (C=O) groups excluding carboxylic acids is 1. The van der Waals surface area contributed by atoms with Gasteiger partial charge in [0.15, 0.2) is 5.78 Å². The van der Waals surface area contributed by atoms with Crippen molar-refractivity contribution in [2.75, 3.05) is 6.61 Å². The van der Waals surface area contributed by atoms with Crippen LogP contribution in [0.3, 0.4) is 0 Å². The van der Waals surface area contributed by atoms with Crippen LogP contribution < -0.4 is 4.74 Å². The highest BCUT2D eigenvalue weighted by molar-refractivity contribution is 6.31. The van der Waals surface area contributed by atoms with E-state index < -0.39 is 5.60 Å². The molecule has 0 aliphatic rings. The fourth-order valence-electron chi connectivity index (χ4n) is 1.57. The molecule has 0 unspecified atom stereocenters. The Labute approximate surface area is 113 Å². The Hall–Kier alpha value is -1.06. The highest BCUT2D eigenvalue weighted by Gasteiger charge is 2.24. The molecule has 0 heterocycles. The van der Waals surface area contributed by atoms with Crippen molar-refractivity contribution in [3.8, 4) is 5.75 Å². The fourth-order valence-corrected chi connectivity index (χ4v) is 1.74.